The number of carbonyl (C=O) groups excluding carboxylic acids is 1. The van der Waals surface area contributed by atoms with E-state index in [0.29, 0.717) is 12.2 Å². The van der Waals surface area contributed by atoms with Gasteiger partial charge >= 0.3 is 5.97 Å². The minimum Gasteiger partial charge on any atom is -0.462 e. The Morgan fingerprint density at radius 2 is 1.83 bits per heavy atom. The van der Waals surface area contributed by atoms with Crippen LogP contribution in [0, 0.1) is 24.3 Å². The number of nitrogens with zero attached hydrogens (tertiary/aromatic N) is 2. The molecule has 3 rings (SSSR count). The van der Waals surface area contributed by atoms with Crippen molar-refractivity contribution < 1.29 is 9.53 Å². The van der Waals surface area contributed by atoms with Gasteiger partial charge in [-0.25, -0.2) is 4.79 Å². The summed E-state index contributed by atoms with van der Waals surface area (Å²) in [5.41, 5.74) is 7.17. The quantitative estimate of drug-likeness (QED) is 0.152. The van der Waals surface area contributed by atoms with Crippen molar-refractivity contribution in [3.8, 4) is 5.69 Å². The van der Waals surface area contributed by atoms with Crippen molar-refractivity contribution in [1.82, 2.24) is 4.57 Å². The lowest BCUT2D eigenvalue weighted by Gasteiger charge is -2.11. The Morgan fingerprint density at radius 1 is 1.10 bits per heavy atom. The molecule has 0 spiro atoms. The van der Waals surface area contributed by atoms with Crippen LogP contribution in [-0.4, -0.2) is 23.4 Å². The minimum atomic E-state index is -0.282. The molecule has 0 saturated carbocycles. The Bertz CT molecular complexity index is 1070. The van der Waals surface area contributed by atoms with Crippen LogP contribution in [0.3, 0.4) is 0 Å². The molecule has 0 aliphatic rings. The highest BCUT2D eigenvalue weighted by Crippen LogP contribution is 2.23. The van der Waals surface area contributed by atoms with Gasteiger partial charge in [-0.1, -0.05) is 13.3 Å². The van der Waals surface area contributed by atoms with Crippen LogP contribution >= 0.6 is 22.6 Å². The topological polar surface area (TPSA) is 43.6 Å². The number of halogens is 1. The number of aromatic nitrogens is 1. The van der Waals surface area contributed by atoms with Gasteiger partial charge in [-0.15, -0.1) is 0 Å². The molecule has 0 aliphatic heterocycles. The Kier molecular flexibility index (Phi) is 7.48. The van der Waals surface area contributed by atoms with Gasteiger partial charge in [-0.05, 0) is 104 Å². The number of unbranched alkanes of at least 4 members (excludes halogenated alkanes) is 1. The Hall–Kier alpha value is -2.41. The average molecular weight is 514 g/mol. The van der Waals surface area contributed by atoms with E-state index in [-0.39, 0.29) is 5.97 Å². The molecule has 4 nitrogen and oxygen atoms in total. The highest BCUT2D eigenvalue weighted by molar-refractivity contribution is 14.1. The molecule has 0 aliphatic carbocycles. The van der Waals surface area contributed by atoms with Crippen LogP contribution in [0.15, 0.2) is 53.5 Å². The number of aliphatic imine (C=N–C) groups is 1. The summed E-state index contributed by atoms with van der Waals surface area (Å²) in [5, 5.41) is 0. The molecule has 0 amide bonds. The Morgan fingerprint density at radius 3 is 2.50 bits per heavy atom. The van der Waals surface area contributed by atoms with Crippen LogP contribution in [0.5, 0.6) is 0 Å². The molecule has 0 radical (unpaired) electrons. The molecule has 0 N–H and O–H groups in total. The maximum absolute atomic E-state index is 12.0. The SMILES string of the molecule is CCCCOC(=O)c1ccc(N=Cc2cc(C)n(-c3ccc(I)c(C)c3)c2C)cc1. The minimum absolute atomic E-state index is 0.282. The summed E-state index contributed by atoms with van der Waals surface area (Å²) in [6.07, 6.45) is 3.77. The zero-order chi connectivity index (χ0) is 21.7. The maximum atomic E-state index is 12.0. The van der Waals surface area contributed by atoms with E-state index in [1.54, 1.807) is 12.1 Å². The zero-order valence-electron chi connectivity index (χ0n) is 17.9. The number of hydrogen-bond acceptors (Lipinski definition) is 3. The van der Waals surface area contributed by atoms with E-state index in [0.717, 1.165) is 35.5 Å². The maximum Gasteiger partial charge on any atom is 0.338 e. The lowest BCUT2D eigenvalue weighted by atomic mass is 10.2. The first-order valence-electron chi connectivity index (χ1n) is 10.2. The van der Waals surface area contributed by atoms with Crippen molar-refractivity contribution in [2.24, 2.45) is 4.99 Å². The fraction of sp³-hybridized carbons (Fsp3) is 0.280. The van der Waals surface area contributed by atoms with Crippen molar-refractivity contribution >= 4 is 40.5 Å². The summed E-state index contributed by atoms with van der Waals surface area (Å²) in [6.45, 7) is 8.88. The van der Waals surface area contributed by atoms with Crippen LogP contribution in [0.2, 0.25) is 0 Å². The Labute approximate surface area is 192 Å². The lowest BCUT2D eigenvalue weighted by Crippen LogP contribution is -2.05. The number of ether oxygens (including phenoxy) is 1. The van der Waals surface area contributed by atoms with E-state index >= 15 is 0 Å². The van der Waals surface area contributed by atoms with E-state index in [4.69, 9.17) is 4.74 Å². The molecule has 0 fully saturated rings. The third kappa shape index (κ3) is 5.19. The number of benzene rings is 2. The summed E-state index contributed by atoms with van der Waals surface area (Å²) in [6, 6.07) is 15.9. The van der Waals surface area contributed by atoms with Crippen molar-refractivity contribution in [3.05, 3.63) is 80.2 Å². The molecule has 0 unspecified atom stereocenters. The summed E-state index contributed by atoms with van der Waals surface area (Å²) in [7, 11) is 0. The molecular weight excluding hydrogens is 487 g/mol. The number of esters is 1. The predicted molar refractivity (Wildman–Crippen MR) is 132 cm³/mol. The van der Waals surface area contributed by atoms with Gasteiger partial charge in [0.1, 0.15) is 0 Å². The zero-order valence-corrected chi connectivity index (χ0v) is 20.1. The van der Waals surface area contributed by atoms with Crippen LogP contribution in [0.1, 0.15) is 52.6 Å². The molecule has 30 heavy (non-hydrogen) atoms. The van der Waals surface area contributed by atoms with Crippen LogP contribution < -0.4 is 0 Å². The molecular formula is C25H27IN2O2. The number of rotatable bonds is 7. The largest absolute Gasteiger partial charge is 0.462 e. The average Bonchev–Trinajstić information content (AvgIpc) is 3.02. The molecule has 1 aromatic heterocycles. The van der Waals surface area contributed by atoms with E-state index in [1.807, 2.05) is 18.3 Å². The summed E-state index contributed by atoms with van der Waals surface area (Å²) in [5.74, 6) is -0.282. The van der Waals surface area contributed by atoms with Crippen LogP contribution in [-0.2, 0) is 4.74 Å². The number of aryl methyl sites for hydroxylation is 2. The van der Waals surface area contributed by atoms with E-state index < -0.39 is 0 Å². The fourth-order valence-electron chi connectivity index (χ4n) is 3.30. The smallest absolute Gasteiger partial charge is 0.338 e. The molecule has 5 heteroatoms. The van der Waals surface area contributed by atoms with Crippen LogP contribution in [0.4, 0.5) is 5.69 Å². The molecule has 3 aromatic rings. The van der Waals surface area contributed by atoms with Gasteiger partial charge in [0, 0.05) is 32.4 Å². The van der Waals surface area contributed by atoms with Crippen molar-refractivity contribution in [3.63, 3.8) is 0 Å². The summed E-state index contributed by atoms with van der Waals surface area (Å²) in [4.78, 5) is 16.6. The summed E-state index contributed by atoms with van der Waals surface area (Å²) >= 11 is 2.36. The molecule has 0 atom stereocenters. The summed E-state index contributed by atoms with van der Waals surface area (Å²) < 4.78 is 8.76. The van der Waals surface area contributed by atoms with Crippen molar-refractivity contribution in [2.45, 2.75) is 40.5 Å². The molecule has 156 valence electrons. The monoisotopic (exact) mass is 514 g/mol. The molecule has 1 heterocycles. The molecule has 0 saturated heterocycles. The molecule has 0 bridgehead atoms. The third-order valence-electron chi connectivity index (χ3n) is 5.06. The van der Waals surface area contributed by atoms with Gasteiger partial charge < -0.3 is 9.30 Å². The Balaban J connectivity index is 1.76. The molecule has 2 aromatic carbocycles. The van der Waals surface area contributed by atoms with Crippen molar-refractivity contribution in [1.29, 1.82) is 0 Å². The van der Waals surface area contributed by atoms with Gasteiger partial charge in [-0.2, -0.15) is 0 Å². The number of hydrogen-bond donors (Lipinski definition) is 0. The first-order chi connectivity index (χ1) is 14.4. The number of carbonyl (C=O) groups is 1. The van der Waals surface area contributed by atoms with Gasteiger partial charge in [0.15, 0.2) is 0 Å². The fourth-order valence-corrected chi connectivity index (χ4v) is 3.64. The first-order valence-corrected chi connectivity index (χ1v) is 11.2. The van der Waals surface area contributed by atoms with Crippen molar-refractivity contribution in [2.75, 3.05) is 6.61 Å². The van der Waals surface area contributed by atoms with Crippen LogP contribution in [0.25, 0.3) is 5.69 Å². The first kappa shape index (κ1) is 22.3. The third-order valence-corrected chi connectivity index (χ3v) is 6.27. The van der Waals surface area contributed by atoms with Gasteiger partial charge in [0.2, 0.25) is 0 Å². The lowest BCUT2D eigenvalue weighted by molar-refractivity contribution is 0.0500. The standard InChI is InChI=1S/C25H27IN2O2/c1-5-6-13-30-25(29)20-7-9-22(10-8-20)27-16-21-15-18(3)28(19(21)4)23-11-12-24(26)17(2)14-23/h7-12,14-16H,5-6,13H2,1-4H3. The predicted octanol–water partition coefficient (Wildman–Crippen LogP) is 6.71. The van der Waals surface area contributed by atoms with E-state index in [2.05, 4.69) is 84.1 Å². The second-order valence-corrected chi connectivity index (χ2v) is 8.55. The van der Waals surface area contributed by atoms with Gasteiger partial charge in [0.25, 0.3) is 0 Å². The highest BCUT2D eigenvalue weighted by Gasteiger charge is 2.11. The van der Waals surface area contributed by atoms with Gasteiger partial charge in [-0.3, -0.25) is 4.99 Å². The van der Waals surface area contributed by atoms with E-state index in [9.17, 15) is 4.79 Å². The van der Waals surface area contributed by atoms with Gasteiger partial charge in [0.05, 0.1) is 17.9 Å². The van der Waals surface area contributed by atoms with E-state index in [1.165, 1.54) is 14.8 Å². The highest BCUT2D eigenvalue weighted by atomic mass is 127. The second-order valence-electron chi connectivity index (χ2n) is 7.39. The normalized spacial score (nSPS) is 11.2. The second kappa shape index (κ2) is 10.1.